The van der Waals surface area contributed by atoms with Crippen LogP contribution >= 0.6 is 0 Å². The highest BCUT2D eigenvalue weighted by molar-refractivity contribution is 5.75. The van der Waals surface area contributed by atoms with Gasteiger partial charge in [0, 0.05) is 13.5 Å². The van der Waals surface area contributed by atoms with Crippen LogP contribution in [0.15, 0.2) is 33.5 Å². The lowest BCUT2D eigenvalue weighted by atomic mass is 10.1. The van der Waals surface area contributed by atoms with Gasteiger partial charge in [-0.15, -0.1) is 5.10 Å². The van der Waals surface area contributed by atoms with Crippen LogP contribution in [-0.2, 0) is 17.8 Å². The molecule has 1 aromatic carbocycles. The van der Waals surface area contributed by atoms with Gasteiger partial charge in [-0.3, -0.25) is 4.79 Å². The van der Waals surface area contributed by atoms with Gasteiger partial charge in [-0.1, -0.05) is 12.1 Å². The number of hydrogen-bond donors (Lipinski definition) is 1. The monoisotopic (exact) mass is 319 g/mol. The zero-order valence-corrected chi connectivity index (χ0v) is 13.5. The van der Waals surface area contributed by atoms with E-state index in [4.69, 9.17) is 9.15 Å². The van der Waals surface area contributed by atoms with Crippen LogP contribution in [0.2, 0.25) is 0 Å². The molecule has 2 rings (SSSR count). The number of rotatable bonds is 7. The molecule has 0 radical (unpaired) electrons. The quantitative estimate of drug-likeness (QED) is 0.831. The Morgan fingerprint density at radius 3 is 2.61 bits per heavy atom. The molecule has 0 bridgehead atoms. The zero-order valence-electron chi connectivity index (χ0n) is 13.5. The lowest BCUT2D eigenvalue weighted by Crippen LogP contribution is -2.32. The molecule has 0 aliphatic rings. The van der Waals surface area contributed by atoms with Gasteiger partial charge in [-0.2, -0.15) is 4.68 Å². The van der Waals surface area contributed by atoms with Gasteiger partial charge >= 0.3 is 5.76 Å². The lowest BCUT2D eigenvalue weighted by Gasteiger charge is -2.10. The smallest absolute Gasteiger partial charge is 0.437 e. The Morgan fingerprint density at radius 1 is 1.35 bits per heavy atom. The van der Waals surface area contributed by atoms with Crippen molar-refractivity contribution in [2.45, 2.75) is 39.8 Å². The van der Waals surface area contributed by atoms with Crippen LogP contribution in [0.1, 0.15) is 25.3 Å². The van der Waals surface area contributed by atoms with Gasteiger partial charge in [-0.25, -0.2) is 4.79 Å². The van der Waals surface area contributed by atoms with Crippen molar-refractivity contribution in [2.24, 2.45) is 0 Å². The van der Waals surface area contributed by atoms with Gasteiger partial charge in [0.15, 0.2) is 0 Å². The first-order chi connectivity index (χ1) is 10.9. The summed E-state index contributed by atoms with van der Waals surface area (Å²) in [6.07, 6.45) is 0.837. The molecular weight excluding hydrogens is 298 g/mol. The highest BCUT2D eigenvalue weighted by Gasteiger charge is 2.09. The fourth-order valence-electron chi connectivity index (χ4n) is 2.06. The second-order valence-corrected chi connectivity index (χ2v) is 5.46. The molecule has 0 unspecified atom stereocenters. The summed E-state index contributed by atoms with van der Waals surface area (Å²) in [5.41, 5.74) is 1.09. The summed E-state index contributed by atoms with van der Waals surface area (Å²) in [6.45, 7) is 5.85. The number of nitrogens with zero attached hydrogens (tertiary/aromatic N) is 2. The third kappa shape index (κ3) is 5.28. The Kier molecular flexibility index (Phi) is 5.56. The minimum absolute atomic E-state index is 0.142. The summed E-state index contributed by atoms with van der Waals surface area (Å²) in [4.78, 5) is 23.1. The molecule has 7 nitrogen and oxygen atoms in total. The molecule has 124 valence electrons. The highest BCUT2D eigenvalue weighted by Crippen LogP contribution is 2.13. The zero-order chi connectivity index (χ0) is 16.8. The Morgan fingerprint density at radius 2 is 2.04 bits per heavy atom. The van der Waals surface area contributed by atoms with E-state index in [2.05, 4.69) is 10.4 Å². The lowest BCUT2D eigenvalue weighted by molar-refractivity contribution is -0.121. The van der Waals surface area contributed by atoms with Gasteiger partial charge in [0.2, 0.25) is 11.8 Å². The van der Waals surface area contributed by atoms with Crippen LogP contribution in [-0.4, -0.2) is 28.3 Å². The molecule has 0 atom stereocenters. The molecular formula is C16H21N3O4. The molecule has 0 fully saturated rings. The molecule has 1 aromatic heterocycles. The van der Waals surface area contributed by atoms with E-state index >= 15 is 0 Å². The highest BCUT2D eigenvalue weighted by atomic mass is 16.5. The second-order valence-electron chi connectivity index (χ2n) is 5.46. The number of amides is 1. The van der Waals surface area contributed by atoms with Gasteiger partial charge in [0.05, 0.1) is 6.10 Å². The van der Waals surface area contributed by atoms with Crippen LogP contribution in [0, 0.1) is 6.92 Å². The van der Waals surface area contributed by atoms with E-state index < -0.39 is 5.76 Å². The van der Waals surface area contributed by atoms with E-state index in [1.54, 1.807) is 6.92 Å². The van der Waals surface area contributed by atoms with Crippen molar-refractivity contribution >= 4 is 5.91 Å². The number of benzene rings is 1. The van der Waals surface area contributed by atoms with E-state index in [0.717, 1.165) is 16.0 Å². The number of carbonyl (C=O) groups is 1. The number of carbonyl (C=O) groups excluding carboxylic acids is 1. The van der Waals surface area contributed by atoms with E-state index in [-0.39, 0.29) is 24.4 Å². The maximum Gasteiger partial charge on any atom is 0.437 e. The predicted molar refractivity (Wildman–Crippen MR) is 84.4 cm³/mol. The van der Waals surface area contributed by atoms with Crippen molar-refractivity contribution in [2.75, 3.05) is 6.54 Å². The molecule has 1 amide bonds. The first-order valence-electron chi connectivity index (χ1n) is 7.51. The number of aromatic nitrogens is 2. The first kappa shape index (κ1) is 16.8. The van der Waals surface area contributed by atoms with Crippen molar-refractivity contribution < 1.29 is 13.9 Å². The van der Waals surface area contributed by atoms with Crippen LogP contribution < -0.4 is 15.8 Å². The van der Waals surface area contributed by atoms with Crippen molar-refractivity contribution in [3.8, 4) is 5.75 Å². The fraction of sp³-hybridized carbons (Fsp3) is 0.438. The number of hydrogen-bond acceptors (Lipinski definition) is 5. The van der Waals surface area contributed by atoms with Crippen LogP contribution in [0.3, 0.4) is 0 Å². The van der Waals surface area contributed by atoms with Crippen LogP contribution in [0.4, 0.5) is 0 Å². The number of aryl methyl sites for hydroxylation is 1. The minimum Gasteiger partial charge on any atom is -0.491 e. The summed E-state index contributed by atoms with van der Waals surface area (Å²) in [5, 5.41) is 6.56. The van der Waals surface area contributed by atoms with Gasteiger partial charge in [0.1, 0.15) is 12.3 Å². The molecule has 0 saturated carbocycles. The summed E-state index contributed by atoms with van der Waals surface area (Å²) in [6, 6.07) is 7.76. The molecule has 7 heteroatoms. The fourth-order valence-corrected chi connectivity index (χ4v) is 2.06. The molecule has 1 N–H and O–H groups in total. The third-order valence-corrected chi connectivity index (χ3v) is 3.03. The largest absolute Gasteiger partial charge is 0.491 e. The van der Waals surface area contributed by atoms with Gasteiger partial charge in [0.25, 0.3) is 0 Å². The van der Waals surface area contributed by atoms with Crippen LogP contribution in [0.25, 0.3) is 0 Å². The third-order valence-electron chi connectivity index (χ3n) is 3.03. The van der Waals surface area contributed by atoms with Crippen molar-refractivity contribution in [3.63, 3.8) is 0 Å². The Balaban J connectivity index is 1.77. The predicted octanol–water partition coefficient (Wildman–Crippen LogP) is 1.29. The van der Waals surface area contributed by atoms with E-state index in [1.807, 2.05) is 38.1 Å². The molecule has 0 saturated heterocycles. The molecule has 0 aliphatic heterocycles. The number of nitrogens with one attached hydrogen (secondary N) is 1. The van der Waals surface area contributed by atoms with Crippen molar-refractivity contribution in [1.29, 1.82) is 0 Å². The first-order valence-corrected chi connectivity index (χ1v) is 7.51. The second kappa shape index (κ2) is 7.62. The Hall–Kier alpha value is -2.57. The summed E-state index contributed by atoms with van der Waals surface area (Å²) in [7, 11) is 0. The van der Waals surface area contributed by atoms with E-state index in [9.17, 15) is 9.59 Å². The van der Waals surface area contributed by atoms with Gasteiger partial charge < -0.3 is 14.5 Å². The average molecular weight is 319 g/mol. The topological polar surface area (TPSA) is 86.4 Å². The van der Waals surface area contributed by atoms with Crippen molar-refractivity contribution in [1.82, 2.24) is 15.1 Å². The summed E-state index contributed by atoms with van der Waals surface area (Å²) >= 11 is 0. The average Bonchev–Trinajstić information content (AvgIpc) is 2.78. The Bertz CT molecular complexity index is 701. The van der Waals surface area contributed by atoms with Crippen LogP contribution in [0.5, 0.6) is 5.75 Å². The van der Waals surface area contributed by atoms with Crippen molar-refractivity contribution in [3.05, 3.63) is 46.3 Å². The maximum atomic E-state index is 11.8. The minimum atomic E-state index is -0.626. The molecule has 2 aromatic rings. The summed E-state index contributed by atoms with van der Waals surface area (Å²) < 4.78 is 11.3. The molecule has 0 aliphatic carbocycles. The SMILES string of the molecule is Cc1nn(CC(=O)NCCc2ccc(OC(C)C)cc2)c(=O)o1. The number of ether oxygens (including phenoxy) is 1. The van der Waals surface area contributed by atoms with Gasteiger partial charge in [-0.05, 0) is 38.0 Å². The molecule has 0 spiro atoms. The van der Waals surface area contributed by atoms with E-state index in [0.29, 0.717) is 13.0 Å². The standard InChI is InChI=1S/C16H21N3O4/c1-11(2)22-14-6-4-13(5-7-14)8-9-17-15(20)10-19-16(21)23-12(3)18-19/h4-7,11H,8-10H2,1-3H3,(H,17,20). The Labute approximate surface area is 134 Å². The maximum absolute atomic E-state index is 11.8. The normalized spacial score (nSPS) is 10.8. The molecule has 23 heavy (non-hydrogen) atoms. The summed E-state index contributed by atoms with van der Waals surface area (Å²) in [5.74, 6) is 0.165. The molecule has 1 heterocycles. The van der Waals surface area contributed by atoms with E-state index in [1.165, 1.54) is 0 Å².